The second-order valence-corrected chi connectivity index (χ2v) is 8.02. The molecule has 2 saturated heterocycles. The average molecular weight is 389 g/mol. The first kappa shape index (κ1) is 20.5. The molecule has 1 aromatic rings. The Morgan fingerprint density at radius 3 is 2.75 bits per heavy atom. The molecule has 2 aliphatic heterocycles. The SMILES string of the molecule is CCN=Cc1c(N)c(C(C)C)nn(CC(=O)NC2CCCN3CCCC23)c1=O. The number of carbonyl (C=O) groups is 1. The van der Waals surface area contributed by atoms with Crippen molar-refractivity contribution in [3.8, 4) is 0 Å². The van der Waals surface area contributed by atoms with Crippen LogP contribution in [-0.2, 0) is 11.3 Å². The number of nitrogens with one attached hydrogen (secondary N) is 1. The fourth-order valence-corrected chi connectivity index (χ4v) is 4.31. The van der Waals surface area contributed by atoms with Crippen molar-refractivity contribution in [3.05, 3.63) is 21.6 Å². The van der Waals surface area contributed by atoms with E-state index in [4.69, 9.17) is 5.73 Å². The van der Waals surface area contributed by atoms with Crippen LogP contribution in [-0.4, -0.2) is 58.5 Å². The van der Waals surface area contributed by atoms with Crippen LogP contribution in [0.5, 0.6) is 0 Å². The van der Waals surface area contributed by atoms with Gasteiger partial charge >= 0.3 is 0 Å². The van der Waals surface area contributed by atoms with Gasteiger partial charge in [-0.05, 0) is 51.6 Å². The van der Waals surface area contributed by atoms with E-state index in [1.54, 1.807) is 0 Å². The van der Waals surface area contributed by atoms with Crippen molar-refractivity contribution in [2.45, 2.75) is 71.0 Å². The zero-order valence-corrected chi connectivity index (χ0v) is 17.1. The van der Waals surface area contributed by atoms with Crippen molar-refractivity contribution in [1.29, 1.82) is 0 Å². The highest BCUT2D eigenvalue weighted by Gasteiger charge is 2.35. The highest BCUT2D eigenvalue weighted by Crippen LogP contribution is 2.27. The van der Waals surface area contributed by atoms with Crippen LogP contribution < -0.4 is 16.6 Å². The number of nitrogens with two attached hydrogens (primary N) is 1. The third-order valence-corrected chi connectivity index (χ3v) is 5.69. The highest BCUT2D eigenvalue weighted by atomic mass is 16.2. The van der Waals surface area contributed by atoms with E-state index in [2.05, 4.69) is 20.3 Å². The number of nitrogen functional groups attached to an aromatic ring is 1. The summed E-state index contributed by atoms with van der Waals surface area (Å²) in [4.78, 5) is 32.2. The van der Waals surface area contributed by atoms with Gasteiger partial charge in [-0.2, -0.15) is 5.10 Å². The lowest BCUT2D eigenvalue weighted by atomic mass is 9.96. The molecule has 0 aliphatic carbocycles. The second-order valence-electron chi connectivity index (χ2n) is 8.02. The minimum absolute atomic E-state index is 0.0362. The lowest BCUT2D eigenvalue weighted by Gasteiger charge is -2.37. The van der Waals surface area contributed by atoms with Gasteiger partial charge in [0.15, 0.2) is 0 Å². The van der Waals surface area contributed by atoms with Gasteiger partial charge in [0.2, 0.25) is 5.91 Å². The molecule has 1 amide bonds. The van der Waals surface area contributed by atoms with Crippen LogP contribution >= 0.6 is 0 Å². The molecule has 2 fully saturated rings. The van der Waals surface area contributed by atoms with Gasteiger partial charge in [0.25, 0.3) is 5.56 Å². The number of piperidine rings is 1. The number of aromatic nitrogens is 2. The number of anilines is 1. The zero-order valence-electron chi connectivity index (χ0n) is 17.1. The first-order valence-corrected chi connectivity index (χ1v) is 10.4. The molecule has 154 valence electrons. The fourth-order valence-electron chi connectivity index (χ4n) is 4.31. The maximum Gasteiger partial charge on any atom is 0.278 e. The number of hydrogen-bond acceptors (Lipinski definition) is 6. The summed E-state index contributed by atoms with van der Waals surface area (Å²) in [5.74, 6) is -0.139. The monoisotopic (exact) mass is 388 g/mol. The topological polar surface area (TPSA) is 106 Å². The number of hydrogen-bond donors (Lipinski definition) is 2. The van der Waals surface area contributed by atoms with E-state index in [0.717, 1.165) is 32.4 Å². The van der Waals surface area contributed by atoms with Gasteiger partial charge in [-0.1, -0.05) is 13.8 Å². The quantitative estimate of drug-likeness (QED) is 0.711. The molecule has 3 N–H and O–H groups in total. The van der Waals surface area contributed by atoms with E-state index in [1.165, 1.54) is 17.3 Å². The maximum absolute atomic E-state index is 12.8. The molecule has 2 atom stereocenters. The first-order chi connectivity index (χ1) is 13.4. The molecule has 1 aromatic heterocycles. The Hall–Kier alpha value is -2.22. The van der Waals surface area contributed by atoms with Gasteiger partial charge in [0, 0.05) is 24.8 Å². The maximum atomic E-state index is 12.8. The van der Waals surface area contributed by atoms with Gasteiger partial charge in [-0.25, -0.2) is 4.68 Å². The Labute approximate surface area is 166 Å². The average Bonchev–Trinajstić information content (AvgIpc) is 3.13. The molecule has 0 spiro atoms. The molecule has 0 bridgehead atoms. The van der Waals surface area contributed by atoms with Gasteiger partial charge in [-0.15, -0.1) is 0 Å². The summed E-state index contributed by atoms with van der Waals surface area (Å²) >= 11 is 0. The Balaban J connectivity index is 1.80. The molecule has 8 heteroatoms. The molecule has 8 nitrogen and oxygen atoms in total. The van der Waals surface area contributed by atoms with Crippen LogP contribution in [0.1, 0.15) is 63.6 Å². The molecule has 0 aromatic carbocycles. The minimum atomic E-state index is -0.375. The minimum Gasteiger partial charge on any atom is -0.396 e. The molecular formula is C20H32N6O2. The van der Waals surface area contributed by atoms with E-state index in [0.29, 0.717) is 29.5 Å². The predicted octanol–water partition coefficient (Wildman–Crippen LogP) is 1.13. The highest BCUT2D eigenvalue weighted by molar-refractivity contribution is 5.87. The fraction of sp³-hybridized carbons (Fsp3) is 0.700. The molecule has 3 rings (SSSR count). The largest absolute Gasteiger partial charge is 0.396 e. The number of rotatable bonds is 6. The smallest absolute Gasteiger partial charge is 0.278 e. The van der Waals surface area contributed by atoms with Crippen molar-refractivity contribution in [1.82, 2.24) is 20.0 Å². The van der Waals surface area contributed by atoms with E-state index in [-0.39, 0.29) is 30.0 Å². The second kappa shape index (κ2) is 8.86. The van der Waals surface area contributed by atoms with E-state index in [9.17, 15) is 9.59 Å². The Bertz CT molecular complexity index is 801. The van der Waals surface area contributed by atoms with Crippen LogP contribution in [0.4, 0.5) is 5.69 Å². The van der Waals surface area contributed by atoms with Crippen molar-refractivity contribution < 1.29 is 4.79 Å². The summed E-state index contributed by atoms with van der Waals surface area (Å²) in [6.45, 7) is 8.50. The van der Waals surface area contributed by atoms with Crippen LogP contribution in [0, 0.1) is 0 Å². The summed E-state index contributed by atoms with van der Waals surface area (Å²) < 4.78 is 1.23. The lowest BCUT2D eigenvalue weighted by molar-refractivity contribution is -0.123. The Morgan fingerprint density at radius 1 is 1.36 bits per heavy atom. The molecule has 3 heterocycles. The van der Waals surface area contributed by atoms with Crippen LogP contribution in [0.3, 0.4) is 0 Å². The standard InChI is InChI=1S/C20H32N6O2/c1-4-22-11-14-18(21)19(13(2)3)24-26(20(14)28)12-17(27)23-15-7-5-9-25-10-6-8-16(15)25/h11,13,15-16H,4-10,12,21H2,1-3H3,(H,23,27). The summed E-state index contributed by atoms with van der Waals surface area (Å²) in [5, 5.41) is 7.53. The molecule has 0 radical (unpaired) electrons. The lowest BCUT2D eigenvalue weighted by Crippen LogP contribution is -2.53. The summed E-state index contributed by atoms with van der Waals surface area (Å²) in [5.41, 5.74) is 7.06. The number of aliphatic imine (C=N–C) groups is 1. The van der Waals surface area contributed by atoms with Crippen molar-refractivity contribution in [2.24, 2.45) is 4.99 Å². The Kier molecular flexibility index (Phi) is 6.49. The summed E-state index contributed by atoms with van der Waals surface area (Å²) in [7, 11) is 0. The molecule has 2 unspecified atom stereocenters. The number of carbonyl (C=O) groups excluding carboxylic acids is 1. The van der Waals surface area contributed by atoms with Crippen molar-refractivity contribution in [2.75, 3.05) is 25.4 Å². The Morgan fingerprint density at radius 2 is 2.07 bits per heavy atom. The molecule has 28 heavy (non-hydrogen) atoms. The van der Waals surface area contributed by atoms with Gasteiger partial charge < -0.3 is 11.1 Å². The summed E-state index contributed by atoms with van der Waals surface area (Å²) in [6, 6.07) is 0.575. The van der Waals surface area contributed by atoms with Crippen molar-refractivity contribution >= 4 is 17.8 Å². The normalized spacial score (nSPS) is 22.7. The molecular weight excluding hydrogens is 356 g/mol. The van der Waals surface area contributed by atoms with Crippen LogP contribution in [0.2, 0.25) is 0 Å². The van der Waals surface area contributed by atoms with E-state index >= 15 is 0 Å². The zero-order chi connectivity index (χ0) is 20.3. The van der Waals surface area contributed by atoms with E-state index in [1.807, 2.05) is 20.8 Å². The first-order valence-electron chi connectivity index (χ1n) is 10.4. The molecule has 0 saturated carbocycles. The van der Waals surface area contributed by atoms with Crippen molar-refractivity contribution in [3.63, 3.8) is 0 Å². The summed E-state index contributed by atoms with van der Waals surface area (Å²) in [6.07, 6.45) is 5.89. The van der Waals surface area contributed by atoms with Crippen LogP contribution in [0.25, 0.3) is 0 Å². The van der Waals surface area contributed by atoms with Gasteiger partial charge in [0.1, 0.15) is 6.54 Å². The number of nitrogens with zero attached hydrogens (tertiary/aromatic N) is 4. The van der Waals surface area contributed by atoms with Gasteiger partial charge in [0.05, 0.1) is 16.9 Å². The van der Waals surface area contributed by atoms with E-state index < -0.39 is 0 Å². The predicted molar refractivity (Wildman–Crippen MR) is 111 cm³/mol. The third kappa shape index (κ3) is 4.27. The van der Waals surface area contributed by atoms with Crippen LogP contribution in [0.15, 0.2) is 9.79 Å². The number of fused-ring (bicyclic) bond motifs is 1. The molecule has 2 aliphatic rings. The van der Waals surface area contributed by atoms with Gasteiger partial charge in [-0.3, -0.25) is 19.5 Å². The third-order valence-electron chi connectivity index (χ3n) is 5.69. The number of amides is 1.